The largest absolute Gasteiger partial charge is 0.493 e. The molecule has 0 N–H and O–H groups in total. The highest BCUT2D eigenvalue weighted by atomic mass is 16.5. The number of rotatable bonds is 6. The first-order valence-corrected chi connectivity index (χ1v) is 9.72. The molecule has 0 aliphatic carbocycles. The molecule has 4 nitrogen and oxygen atoms in total. The number of hydrogen-bond acceptors (Lipinski definition) is 3. The second-order valence-electron chi connectivity index (χ2n) is 7.17. The molecule has 4 heteroatoms. The van der Waals surface area contributed by atoms with Gasteiger partial charge in [0.15, 0.2) is 11.3 Å². The molecule has 0 radical (unpaired) electrons. The van der Waals surface area contributed by atoms with Crippen molar-refractivity contribution < 1.29 is 13.9 Å². The Labute approximate surface area is 165 Å². The van der Waals surface area contributed by atoms with Crippen molar-refractivity contribution in [3.05, 3.63) is 66.4 Å². The molecule has 2 aromatic carbocycles. The maximum Gasteiger partial charge on any atom is 0.227 e. The van der Waals surface area contributed by atoms with Gasteiger partial charge in [-0.15, -0.1) is 6.58 Å². The van der Waals surface area contributed by atoms with Crippen molar-refractivity contribution in [1.82, 2.24) is 4.90 Å². The van der Waals surface area contributed by atoms with Gasteiger partial charge in [0.05, 0.1) is 7.11 Å². The van der Waals surface area contributed by atoms with Gasteiger partial charge >= 0.3 is 0 Å². The minimum Gasteiger partial charge on any atom is -0.493 e. The fourth-order valence-corrected chi connectivity index (χ4v) is 4.21. The molecule has 3 aromatic rings. The summed E-state index contributed by atoms with van der Waals surface area (Å²) in [6, 6.07) is 12.1. The third-order valence-electron chi connectivity index (χ3n) is 5.59. The summed E-state index contributed by atoms with van der Waals surface area (Å²) >= 11 is 0. The molecule has 0 saturated carbocycles. The first-order valence-electron chi connectivity index (χ1n) is 9.72. The van der Waals surface area contributed by atoms with Crippen molar-refractivity contribution in [3.63, 3.8) is 0 Å². The van der Waals surface area contributed by atoms with E-state index in [4.69, 9.17) is 9.15 Å². The molecule has 4 rings (SSSR count). The molecule has 1 unspecified atom stereocenters. The normalized spacial score (nSPS) is 17.6. The average Bonchev–Trinajstić information content (AvgIpc) is 3.29. The molecule has 1 atom stereocenters. The number of carbonyl (C=O) groups excluding carboxylic acids is 1. The zero-order valence-electron chi connectivity index (χ0n) is 16.4. The van der Waals surface area contributed by atoms with Crippen LogP contribution in [0.25, 0.3) is 21.9 Å². The standard InChI is InChI=1S/C24H25NO3/c1-4-6-9-17(5-2)25-15-16(14-22(25)26)18-12-13-21(27-3)24-23(18)19-10-7-8-11-20(19)28-24/h4-5,7-8,10-13,16H,1,6,9,14-15H2,2-3H3/b17-5+. The monoisotopic (exact) mass is 375 g/mol. The number of benzene rings is 2. The zero-order valence-corrected chi connectivity index (χ0v) is 16.4. The predicted molar refractivity (Wildman–Crippen MR) is 113 cm³/mol. The summed E-state index contributed by atoms with van der Waals surface area (Å²) in [6.45, 7) is 6.48. The van der Waals surface area contributed by atoms with Crippen molar-refractivity contribution in [2.45, 2.75) is 32.1 Å². The van der Waals surface area contributed by atoms with Crippen molar-refractivity contribution in [1.29, 1.82) is 0 Å². The Balaban J connectivity index is 1.78. The number of fused-ring (bicyclic) bond motifs is 3. The Hall–Kier alpha value is -3.01. The van der Waals surface area contributed by atoms with Crippen LogP contribution >= 0.6 is 0 Å². The minimum atomic E-state index is 0.126. The van der Waals surface area contributed by atoms with Gasteiger partial charge in [-0.2, -0.15) is 0 Å². The highest BCUT2D eigenvalue weighted by Gasteiger charge is 2.34. The van der Waals surface area contributed by atoms with Gasteiger partial charge in [-0.1, -0.05) is 36.4 Å². The SMILES string of the molecule is C=CCC/C(=C\C)N1CC(c2ccc(OC)c3oc4ccccc4c23)CC1=O. The fraction of sp³-hybridized carbons (Fsp3) is 0.292. The quantitative estimate of drug-likeness (QED) is 0.513. The number of amides is 1. The topological polar surface area (TPSA) is 42.7 Å². The number of allylic oxidation sites excluding steroid dienone is 3. The molecule has 1 aliphatic rings. The molecular formula is C24H25NO3. The van der Waals surface area contributed by atoms with Gasteiger partial charge in [-0.25, -0.2) is 0 Å². The summed E-state index contributed by atoms with van der Waals surface area (Å²) in [4.78, 5) is 14.7. The molecule has 1 aromatic heterocycles. The Bertz CT molecular complexity index is 1080. The molecule has 1 aliphatic heterocycles. The van der Waals surface area contributed by atoms with Gasteiger partial charge in [0.25, 0.3) is 0 Å². The van der Waals surface area contributed by atoms with E-state index in [9.17, 15) is 4.79 Å². The van der Waals surface area contributed by atoms with Gasteiger partial charge in [-0.3, -0.25) is 4.79 Å². The lowest BCUT2D eigenvalue weighted by Gasteiger charge is -2.20. The highest BCUT2D eigenvalue weighted by molar-refractivity contribution is 6.09. The van der Waals surface area contributed by atoms with E-state index in [2.05, 4.69) is 18.7 Å². The lowest BCUT2D eigenvalue weighted by Crippen LogP contribution is -2.24. The van der Waals surface area contributed by atoms with Crippen molar-refractivity contribution in [2.24, 2.45) is 0 Å². The van der Waals surface area contributed by atoms with Crippen LogP contribution in [0.15, 0.2) is 65.2 Å². The minimum absolute atomic E-state index is 0.126. The van der Waals surface area contributed by atoms with Crippen LogP contribution in [0.2, 0.25) is 0 Å². The van der Waals surface area contributed by atoms with Crippen LogP contribution in [-0.4, -0.2) is 24.5 Å². The summed E-state index contributed by atoms with van der Waals surface area (Å²) in [5, 5.41) is 2.12. The van der Waals surface area contributed by atoms with E-state index in [1.807, 2.05) is 48.2 Å². The number of furan rings is 1. The summed E-state index contributed by atoms with van der Waals surface area (Å²) in [5.74, 6) is 1.02. The zero-order chi connectivity index (χ0) is 19.7. The molecule has 144 valence electrons. The molecule has 1 saturated heterocycles. The van der Waals surface area contributed by atoms with Gasteiger partial charge in [-0.05, 0) is 37.5 Å². The maximum atomic E-state index is 12.8. The van der Waals surface area contributed by atoms with E-state index in [1.165, 1.54) is 0 Å². The van der Waals surface area contributed by atoms with Crippen molar-refractivity contribution in [3.8, 4) is 5.75 Å². The van der Waals surface area contributed by atoms with Crippen LogP contribution in [0.3, 0.4) is 0 Å². The average molecular weight is 375 g/mol. The first-order chi connectivity index (χ1) is 13.7. The summed E-state index contributed by atoms with van der Waals surface area (Å²) in [6.07, 6.45) is 6.15. The molecular weight excluding hydrogens is 350 g/mol. The molecule has 1 amide bonds. The van der Waals surface area contributed by atoms with E-state index < -0.39 is 0 Å². The Kier molecular flexibility index (Phi) is 4.95. The van der Waals surface area contributed by atoms with E-state index in [0.29, 0.717) is 13.0 Å². The van der Waals surface area contributed by atoms with E-state index in [1.54, 1.807) is 7.11 Å². The third kappa shape index (κ3) is 2.99. The van der Waals surface area contributed by atoms with Gasteiger partial charge in [0.2, 0.25) is 5.91 Å². The Morgan fingerprint density at radius 1 is 1.32 bits per heavy atom. The number of likely N-dealkylation sites (tertiary alicyclic amines) is 1. The first kappa shape index (κ1) is 18.4. The predicted octanol–water partition coefficient (Wildman–Crippen LogP) is 5.78. The second kappa shape index (κ2) is 7.55. The number of hydrogen-bond donors (Lipinski definition) is 0. The lowest BCUT2D eigenvalue weighted by molar-refractivity contribution is -0.126. The third-order valence-corrected chi connectivity index (χ3v) is 5.59. The van der Waals surface area contributed by atoms with Crippen LogP contribution < -0.4 is 4.74 Å². The van der Waals surface area contributed by atoms with E-state index in [-0.39, 0.29) is 11.8 Å². The van der Waals surface area contributed by atoms with Crippen molar-refractivity contribution >= 4 is 27.8 Å². The van der Waals surface area contributed by atoms with Crippen LogP contribution in [0.5, 0.6) is 5.75 Å². The summed E-state index contributed by atoms with van der Waals surface area (Å²) in [5.41, 5.74) is 3.82. The Morgan fingerprint density at radius 2 is 2.14 bits per heavy atom. The summed E-state index contributed by atoms with van der Waals surface area (Å²) in [7, 11) is 1.65. The molecule has 28 heavy (non-hydrogen) atoms. The number of ether oxygens (including phenoxy) is 1. The van der Waals surface area contributed by atoms with E-state index in [0.717, 1.165) is 51.8 Å². The lowest BCUT2D eigenvalue weighted by atomic mass is 9.93. The van der Waals surface area contributed by atoms with Gasteiger partial charge in [0.1, 0.15) is 5.58 Å². The second-order valence-corrected chi connectivity index (χ2v) is 7.17. The van der Waals surface area contributed by atoms with Crippen LogP contribution in [0, 0.1) is 0 Å². The van der Waals surface area contributed by atoms with Crippen molar-refractivity contribution in [2.75, 3.05) is 13.7 Å². The highest BCUT2D eigenvalue weighted by Crippen LogP contribution is 2.42. The number of carbonyl (C=O) groups is 1. The van der Waals surface area contributed by atoms with Crippen LogP contribution in [-0.2, 0) is 4.79 Å². The van der Waals surface area contributed by atoms with Gasteiger partial charge in [0, 0.05) is 35.4 Å². The fourth-order valence-electron chi connectivity index (χ4n) is 4.21. The van der Waals surface area contributed by atoms with Crippen LogP contribution in [0.1, 0.15) is 37.7 Å². The smallest absolute Gasteiger partial charge is 0.227 e. The maximum absolute atomic E-state index is 12.8. The molecule has 2 heterocycles. The molecule has 1 fully saturated rings. The molecule has 0 bridgehead atoms. The van der Waals surface area contributed by atoms with E-state index >= 15 is 0 Å². The van der Waals surface area contributed by atoms with Gasteiger partial charge < -0.3 is 14.1 Å². The molecule has 0 spiro atoms. The number of methoxy groups -OCH3 is 1. The Morgan fingerprint density at radius 3 is 2.89 bits per heavy atom. The van der Waals surface area contributed by atoms with Crippen LogP contribution in [0.4, 0.5) is 0 Å². The summed E-state index contributed by atoms with van der Waals surface area (Å²) < 4.78 is 11.6. The number of para-hydroxylation sites is 1. The number of nitrogens with zero attached hydrogens (tertiary/aromatic N) is 1.